The molecule has 0 radical (unpaired) electrons. The van der Waals surface area contributed by atoms with Crippen molar-refractivity contribution in [2.24, 2.45) is 0 Å². The van der Waals surface area contributed by atoms with Crippen LogP contribution in [0.25, 0.3) is 11.0 Å². The number of carbonyl (C=O) groups is 1. The summed E-state index contributed by atoms with van der Waals surface area (Å²) in [5.74, 6) is -0.0525. The standard InChI is InChI=1S/C21H27FN6O/c1-3-27-19-14-23-28(21(19)16(2)24-27)8-7-20(29)26-11-9-25(10-12-26)15-17-5-4-6-18(22)13-17/h4-6,13-14H,3,7-12,15H2,1-2H3. The Morgan fingerprint density at radius 3 is 2.69 bits per heavy atom. The van der Waals surface area contributed by atoms with Crippen molar-refractivity contribution in [1.29, 1.82) is 0 Å². The first-order chi connectivity index (χ1) is 14.0. The van der Waals surface area contributed by atoms with Gasteiger partial charge in [0, 0.05) is 45.7 Å². The molecule has 1 amide bonds. The van der Waals surface area contributed by atoms with Gasteiger partial charge in [-0.3, -0.25) is 19.1 Å². The molecule has 7 nitrogen and oxygen atoms in total. The maximum absolute atomic E-state index is 13.4. The largest absolute Gasteiger partial charge is 0.340 e. The van der Waals surface area contributed by atoms with Crippen molar-refractivity contribution in [3.8, 4) is 0 Å². The zero-order valence-electron chi connectivity index (χ0n) is 17.0. The summed E-state index contributed by atoms with van der Waals surface area (Å²) >= 11 is 0. The molecule has 0 unspecified atom stereocenters. The lowest BCUT2D eigenvalue weighted by molar-refractivity contribution is -0.133. The van der Waals surface area contributed by atoms with E-state index in [-0.39, 0.29) is 11.7 Å². The first kappa shape index (κ1) is 19.6. The summed E-state index contributed by atoms with van der Waals surface area (Å²) in [6.07, 6.45) is 2.26. The monoisotopic (exact) mass is 398 g/mol. The van der Waals surface area contributed by atoms with Gasteiger partial charge in [-0.1, -0.05) is 12.1 Å². The van der Waals surface area contributed by atoms with Crippen LogP contribution in [0, 0.1) is 12.7 Å². The van der Waals surface area contributed by atoms with Crippen molar-refractivity contribution in [1.82, 2.24) is 29.4 Å². The highest BCUT2D eigenvalue weighted by Gasteiger charge is 2.22. The SMILES string of the molecule is CCn1nc(C)c2c1cnn2CCC(=O)N1CCN(Cc2cccc(F)c2)CC1. The minimum atomic E-state index is -0.205. The van der Waals surface area contributed by atoms with E-state index in [2.05, 4.69) is 22.0 Å². The van der Waals surface area contributed by atoms with Crippen LogP contribution in [0.3, 0.4) is 0 Å². The topological polar surface area (TPSA) is 59.2 Å². The second-order valence-corrected chi connectivity index (χ2v) is 7.54. The first-order valence-corrected chi connectivity index (χ1v) is 10.2. The molecule has 2 aromatic heterocycles. The molecule has 4 rings (SSSR count). The van der Waals surface area contributed by atoms with Crippen LogP contribution in [-0.2, 0) is 24.4 Å². The van der Waals surface area contributed by atoms with Crippen LogP contribution >= 0.6 is 0 Å². The molecule has 29 heavy (non-hydrogen) atoms. The zero-order valence-corrected chi connectivity index (χ0v) is 17.0. The molecule has 0 spiro atoms. The number of amides is 1. The van der Waals surface area contributed by atoms with Crippen molar-refractivity contribution < 1.29 is 9.18 Å². The molecule has 1 aliphatic heterocycles. The molecule has 8 heteroatoms. The molecule has 154 valence electrons. The molecule has 0 saturated carbocycles. The molecule has 0 bridgehead atoms. The number of hydrogen-bond donors (Lipinski definition) is 0. The predicted octanol–water partition coefficient (Wildman–Crippen LogP) is 2.43. The summed E-state index contributed by atoms with van der Waals surface area (Å²) in [5.41, 5.74) is 3.94. The smallest absolute Gasteiger partial charge is 0.224 e. The van der Waals surface area contributed by atoms with Gasteiger partial charge in [-0.25, -0.2) is 4.39 Å². The number of benzene rings is 1. The summed E-state index contributed by atoms with van der Waals surface area (Å²) in [5, 5.41) is 8.98. The van der Waals surface area contributed by atoms with Gasteiger partial charge in [0.1, 0.15) is 16.9 Å². The van der Waals surface area contributed by atoms with Gasteiger partial charge in [0.15, 0.2) is 0 Å². The van der Waals surface area contributed by atoms with Crippen LogP contribution in [0.1, 0.15) is 24.6 Å². The van der Waals surface area contributed by atoms with Crippen molar-refractivity contribution in [3.63, 3.8) is 0 Å². The van der Waals surface area contributed by atoms with E-state index in [1.54, 1.807) is 12.1 Å². The number of aromatic nitrogens is 4. The van der Waals surface area contributed by atoms with E-state index in [9.17, 15) is 9.18 Å². The van der Waals surface area contributed by atoms with E-state index in [0.717, 1.165) is 41.9 Å². The van der Waals surface area contributed by atoms with Gasteiger partial charge in [0.05, 0.1) is 18.4 Å². The lowest BCUT2D eigenvalue weighted by Crippen LogP contribution is -2.48. The normalized spacial score (nSPS) is 15.3. The van der Waals surface area contributed by atoms with Crippen LogP contribution < -0.4 is 0 Å². The van der Waals surface area contributed by atoms with Crippen molar-refractivity contribution >= 4 is 16.9 Å². The van der Waals surface area contributed by atoms with Gasteiger partial charge in [0.2, 0.25) is 5.91 Å². The Balaban J connectivity index is 1.30. The Morgan fingerprint density at radius 2 is 1.97 bits per heavy atom. The lowest BCUT2D eigenvalue weighted by Gasteiger charge is -2.34. The highest BCUT2D eigenvalue weighted by molar-refractivity contribution is 5.79. The molecule has 3 aromatic rings. The fraction of sp³-hybridized carbons (Fsp3) is 0.476. The molecular formula is C21H27FN6O. The Bertz CT molecular complexity index is 1000. The molecular weight excluding hydrogens is 371 g/mol. The molecule has 1 saturated heterocycles. The zero-order chi connectivity index (χ0) is 20.4. The van der Waals surface area contributed by atoms with Gasteiger partial charge in [-0.2, -0.15) is 10.2 Å². The summed E-state index contributed by atoms with van der Waals surface area (Å²) < 4.78 is 17.2. The fourth-order valence-electron chi connectivity index (χ4n) is 4.04. The maximum Gasteiger partial charge on any atom is 0.224 e. The first-order valence-electron chi connectivity index (χ1n) is 10.2. The molecule has 0 atom stereocenters. The molecule has 0 N–H and O–H groups in total. The fourth-order valence-corrected chi connectivity index (χ4v) is 4.04. The van der Waals surface area contributed by atoms with Gasteiger partial charge < -0.3 is 4.90 Å². The van der Waals surface area contributed by atoms with Crippen molar-refractivity contribution in [2.75, 3.05) is 26.2 Å². The van der Waals surface area contributed by atoms with E-state index in [1.165, 1.54) is 6.07 Å². The maximum atomic E-state index is 13.4. The number of rotatable bonds is 6. The lowest BCUT2D eigenvalue weighted by atomic mass is 10.2. The quantitative estimate of drug-likeness (QED) is 0.640. The molecule has 1 fully saturated rings. The second-order valence-electron chi connectivity index (χ2n) is 7.54. The van der Waals surface area contributed by atoms with Crippen LogP contribution in [0.4, 0.5) is 4.39 Å². The Labute approximate surface area is 169 Å². The van der Waals surface area contributed by atoms with Gasteiger partial charge in [0.25, 0.3) is 0 Å². The number of carbonyl (C=O) groups excluding carboxylic acids is 1. The highest BCUT2D eigenvalue weighted by atomic mass is 19.1. The summed E-state index contributed by atoms with van der Waals surface area (Å²) in [7, 11) is 0. The number of aryl methyl sites for hydroxylation is 3. The molecule has 3 heterocycles. The van der Waals surface area contributed by atoms with Crippen LogP contribution in [0.2, 0.25) is 0 Å². The number of fused-ring (bicyclic) bond motifs is 1. The Morgan fingerprint density at radius 1 is 1.17 bits per heavy atom. The summed E-state index contributed by atoms with van der Waals surface area (Å²) in [4.78, 5) is 16.9. The third-order valence-corrected chi connectivity index (χ3v) is 5.57. The average molecular weight is 398 g/mol. The molecule has 0 aliphatic carbocycles. The Kier molecular flexibility index (Phi) is 5.62. The van der Waals surface area contributed by atoms with E-state index in [1.807, 2.05) is 33.5 Å². The minimum Gasteiger partial charge on any atom is -0.340 e. The molecule has 1 aromatic carbocycles. The number of halogens is 1. The summed E-state index contributed by atoms with van der Waals surface area (Å²) in [6, 6.07) is 6.71. The van der Waals surface area contributed by atoms with Crippen molar-refractivity contribution in [3.05, 3.63) is 47.5 Å². The number of nitrogens with zero attached hydrogens (tertiary/aromatic N) is 6. The summed E-state index contributed by atoms with van der Waals surface area (Å²) in [6.45, 7) is 9.12. The third kappa shape index (κ3) is 4.17. The highest BCUT2D eigenvalue weighted by Crippen LogP contribution is 2.18. The van der Waals surface area contributed by atoms with Gasteiger partial charge >= 0.3 is 0 Å². The van der Waals surface area contributed by atoms with Crippen molar-refractivity contribution in [2.45, 2.75) is 39.9 Å². The van der Waals surface area contributed by atoms with E-state index >= 15 is 0 Å². The minimum absolute atomic E-state index is 0.152. The predicted molar refractivity (Wildman–Crippen MR) is 109 cm³/mol. The number of piperazine rings is 1. The second kappa shape index (κ2) is 8.32. The number of hydrogen-bond acceptors (Lipinski definition) is 4. The Hall–Kier alpha value is -2.74. The third-order valence-electron chi connectivity index (χ3n) is 5.57. The van der Waals surface area contributed by atoms with E-state index in [4.69, 9.17) is 0 Å². The van der Waals surface area contributed by atoms with Crippen LogP contribution in [0.15, 0.2) is 30.5 Å². The van der Waals surface area contributed by atoms with Gasteiger partial charge in [-0.15, -0.1) is 0 Å². The van der Waals surface area contributed by atoms with E-state index < -0.39 is 0 Å². The van der Waals surface area contributed by atoms with Crippen LogP contribution in [-0.4, -0.2) is 61.4 Å². The average Bonchev–Trinajstić information content (AvgIpc) is 3.28. The van der Waals surface area contributed by atoms with Crippen LogP contribution in [0.5, 0.6) is 0 Å². The van der Waals surface area contributed by atoms with E-state index in [0.29, 0.717) is 32.6 Å². The van der Waals surface area contributed by atoms with Gasteiger partial charge in [-0.05, 0) is 31.5 Å². The molecule has 1 aliphatic rings.